The summed E-state index contributed by atoms with van der Waals surface area (Å²) in [5, 5.41) is 13.0. The molecule has 1 aliphatic heterocycles. The fourth-order valence-electron chi connectivity index (χ4n) is 2.87. The van der Waals surface area contributed by atoms with Crippen LogP contribution in [0.1, 0.15) is 29.5 Å². The van der Waals surface area contributed by atoms with E-state index in [0.29, 0.717) is 29.4 Å². The highest BCUT2D eigenvalue weighted by Gasteiger charge is 2.14. The van der Waals surface area contributed by atoms with Gasteiger partial charge in [0.1, 0.15) is 6.07 Å². The number of benzene rings is 2. The maximum atomic E-state index is 9.20. The van der Waals surface area contributed by atoms with Crippen molar-refractivity contribution in [1.29, 1.82) is 5.26 Å². The number of anilines is 1. The van der Waals surface area contributed by atoms with Crippen molar-refractivity contribution >= 4 is 17.3 Å². The number of ether oxygens (including phenoxy) is 2. The molecule has 0 bridgehead atoms. The van der Waals surface area contributed by atoms with E-state index in [4.69, 9.17) is 21.1 Å². The summed E-state index contributed by atoms with van der Waals surface area (Å²) < 4.78 is 11.3. The third kappa shape index (κ3) is 4.96. The number of para-hydroxylation sites is 1. The fourth-order valence-corrected chi connectivity index (χ4v) is 3.11. The van der Waals surface area contributed by atoms with Gasteiger partial charge in [-0.25, -0.2) is 0 Å². The Kier molecular flexibility index (Phi) is 6.30. The van der Waals surface area contributed by atoms with E-state index in [1.165, 1.54) is 0 Å². The summed E-state index contributed by atoms with van der Waals surface area (Å²) in [5.74, 6) is 0. The van der Waals surface area contributed by atoms with Crippen LogP contribution in [0.4, 0.5) is 5.69 Å². The maximum absolute atomic E-state index is 9.20. The topological polar surface area (TPSA) is 54.3 Å². The summed E-state index contributed by atoms with van der Waals surface area (Å²) in [5.41, 5.74) is 3.49. The zero-order valence-corrected chi connectivity index (χ0v) is 14.8. The molecule has 0 saturated carbocycles. The largest absolute Gasteiger partial charge is 0.381 e. The van der Waals surface area contributed by atoms with Gasteiger partial charge < -0.3 is 14.8 Å². The van der Waals surface area contributed by atoms with Crippen molar-refractivity contribution in [2.75, 3.05) is 18.5 Å². The lowest BCUT2D eigenvalue weighted by molar-refractivity contribution is -0.0390. The minimum atomic E-state index is 0.289. The zero-order chi connectivity index (χ0) is 17.5. The van der Waals surface area contributed by atoms with E-state index >= 15 is 0 Å². The first kappa shape index (κ1) is 17.8. The van der Waals surface area contributed by atoms with Gasteiger partial charge in [0.25, 0.3) is 0 Å². The van der Waals surface area contributed by atoms with Crippen LogP contribution in [-0.4, -0.2) is 19.3 Å². The molecule has 1 fully saturated rings. The van der Waals surface area contributed by atoms with Crippen LogP contribution in [-0.2, 0) is 22.6 Å². The molecular formula is C20H21ClN2O2. The molecule has 0 spiro atoms. The van der Waals surface area contributed by atoms with Crippen LogP contribution in [0, 0.1) is 11.3 Å². The van der Waals surface area contributed by atoms with Crippen LogP contribution in [0.15, 0.2) is 42.5 Å². The number of nitrogens with one attached hydrogen (secondary N) is 1. The molecule has 5 heteroatoms. The second-order valence-corrected chi connectivity index (χ2v) is 6.48. The van der Waals surface area contributed by atoms with Crippen LogP contribution in [0.3, 0.4) is 0 Å². The molecule has 0 aromatic heterocycles. The average molecular weight is 357 g/mol. The van der Waals surface area contributed by atoms with Gasteiger partial charge in [-0.15, -0.1) is 0 Å². The number of rotatable bonds is 6. The second kappa shape index (κ2) is 8.87. The number of hydrogen-bond acceptors (Lipinski definition) is 4. The Morgan fingerprint density at radius 2 is 1.92 bits per heavy atom. The molecule has 1 saturated heterocycles. The molecule has 1 heterocycles. The summed E-state index contributed by atoms with van der Waals surface area (Å²) in [7, 11) is 0. The lowest BCUT2D eigenvalue weighted by atomic mass is 10.1. The van der Waals surface area contributed by atoms with E-state index < -0.39 is 0 Å². The van der Waals surface area contributed by atoms with Gasteiger partial charge in [-0.3, -0.25) is 0 Å². The second-order valence-electron chi connectivity index (χ2n) is 6.07. The van der Waals surface area contributed by atoms with Gasteiger partial charge in [0.15, 0.2) is 0 Å². The molecule has 4 nitrogen and oxygen atoms in total. The normalized spacial score (nSPS) is 14.9. The predicted octanol–water partition coefficient (Wildman–Crippen LogP) is 4.52. The minimum Gasteiger partial charge on any atom is -0.381 e. The molecule has 130 valence electrons. The van der Waals surface area contributed by atoms with Crippen LogP contribution >= 0.6 is 11.6 Å². The third-order valence-electron chi connectivity index (χ3n) is 4.25. The van der Waals surface area contributed by atoms with Crippen LogP contribution in [0.25, 0.3) is 0 Å². The standard InChI is InChI=1S/C20H21ClN2O2/c21-19-6-2-5-17(12-22)20(19)23-13-15-3-1-4-16(11-15)14-25-18-7-9-24-10-8-18/h1-6,11,18,23H,7-10,13-14H2. The third-order valence-corrected chi connectivity index (χ3v) is 4.56. The number of nitrogens with zero attached hydrogens (tertiary/aromatic N) is 1. The van der Waals surface area contributed by atoms with Crippen molar-refractivity contribution in [3.8, 4) is 6.07 Å². The Morgan fingerprint density at radius 1 is 1.16 bits per heavy atom. The van der Waals surface area contributed by atoms with E-state index in [1.807, 2.05) is 12.1 Å². The lowest BCUT2D eigenvalue weighted by Crippen LogP contribution is -2.23. The summed E-state index contributed by atoms with van der Waals surface area (Å²) in [4.78, 5) is 0. The van der Waals surface area contributed by atoms with Crippen molar-refractivity contribution in [2.24, 2.45) is 0 Å². The molecule has 1 aliphatic rings. The summed E-state index contributed by atoms with van der Waals surface area (Å²) in [6.07, 6.45) is 2.21. The smallest absolute Gasteiger partial charge is 0.101 e. The van der Waals surface area contributed by atoms with Crippen LogP contribution < -0.4 is 5.32 Å². The summed E-state index contributed by atoms with van der Waals surface area (Å²) in [6.45, 7) is 2.78. The van der Waals surface area contributed by atoms with Crippen LogP contribution in [0.2, 0.25) is 5.02 Å². The van der Waals surface area contributed by atoms with Crippen molar-refractivity contribution in [3.05, 3.63) is 64.2 Å². The molecule has 2 aromatic carbocycles. The highest BCUT2D eigenvalue weighted by atomic mass is 35.5. The Bertz CT molecular complexity index is 752. The molecule has 0 atom stereocenters. The Morgan fingerprint density at radius 3 is 2.72 bits per heavy atom. The van der Waals surface area contributed by atoms with Gasteiger partial charge in [0.2, 0.25) is 0 Å². The zero-order valence-electron chi connectivity index (χ0n) is 14.0. The lowest BCUT2D eigenvalue weighted by Gasteiger charge is -2.22. The van der Waals surface area contributed by atoms with Gasteiger partial charge in [-0.1, -0.05) is 41.9 Å². The SMILES string of the molecule is N#Cc1cccc(Cl)c1NCc1cccc(COC2CCOCC2)c1. The first-order chi connectivity index (χ1) is 12.3. The Hall–Kier alpha value is -2.06. The van der Waals surface area contributed by atoms with Gasteiger partial charge in [0, 0.05) is 19.8 Å². The minimum absolute atomic E-state index is 0.289. The summed E-state index contributed by atoms with van der Waals surface area (Å²) in [6, 6.07) is 15.7. The van der Waals surface area contributed by atoms with Gasteiger partial charge >= 0.3 is 0 Å². The molecule has 0 aliphatic carbocycles. The monoisotopic (exact) mass is 356 g/mol. The number of halogens is 1. The highest BCUT2D eigenvalue weighted by molar-refractivity contribution is 6.33. The molecule has 2 aromatic rings. The number of hydrogen-bond donors (Lipinski definition) is 1. The molecule has 1 N–H and O–H groups in total. The first-order valence-corrected chi connectivity index (χ1v) is 8.83. The van der Waals surface area contributed by atoms with E-state index in [9.17, 15) is 5.26 Å². The van der Waals surface area contributed by atoms with E-state index in [1.54, 1.807) is 18.2 Å². The predicted molar refractivity (Wildman–Crippen MR) is 98.6 cm³/mol. The number of nitriles is 1. The first-order valence-electron chi connectivity index (χ1n) is 8.46. The molecular weight excluding hydrogens is 336 g/mol. The maximum Gasteiger partial charge on any atom is 0.101 e. The average Bonchev–Trinajstić information content (AvgIpc) is 2.66. The van der Waals surface area contributed by atoms with Gasteiger partial charge in [-0.05, 0) is 36.1 Å². The Balaban J connectivity index is 1.59. The molecule has 3 rings (SSSR count). The molecule has 0 radical (unpaired) electrons. The van der Waals surface area contributed by atoms with Crippen molar-refractivity contribution < 1.29 is 9.47 Å². The summed E-state index contributed by atoms with van der Waals surface area (Å²) >= 11 is 6.20. The van der Waals surface area contributed by atoms with Crippen LogP contribution in [0.5, 0.6) is 0 Å². The Labute approximate surface area is 153 Å². The van der Waals surface area contributed by atoms with Gasteiger partial charge in [-0.2, -0.15) is 5.26 Å². The quantitative estimate of drug-likeness (QED) is 0.826. The molecule has 0 unspecified atom stereocenters. The highest BCUT2D eigenvalue weighted by Crippen LogP contribution is 2.26. The van der Waals surface area contributed by atoms with Crippen molar-refractivity contribution in [2.45, 2.75) is 32.1 Å². The van der Waals surface area contributed by atoms with Crippen molar-refractivity contribution in [3.63, 3.8) is 0 Å². The van der Waals surface area contributed by atoms with E-state index in [-0.39, 0.29) is 6.10 Å². The van der Waals surface area contributed by atoms with E-state index in [2.05, 4.69) is 23.5 Å². The van der Waals surface area contributed by atoms with Gasteiger partial charge in [0.05, 0.1) is 29.0 Å². The van der Waals surface area contributed by atoms with E-state index in [0.717, 1.165) is 37.2 Å². The van der Waals surface area contributed by atoms with Crippen molar-refractivity contribution in [1.82, 2.24) is 0 Å². The molecule has 0 amide bonds. The fraction of sp³-hybridized carbons (Fsp3) is 0.350. The molecule has 25 heavy (non-hydrogen) atoms.